The van der Waals surface area contributed by atoms with Crippen molar-refractivity contribution in [3.8, 4) is 11.1 Å². The van der Waals surface area contributed by atoms with Gasteiger partial charge in [0.05, 0.1) is 17.1 Å². The molecule has 37 heavy (non-hydrogen) atoms. The number of anilines is 3. The van der Waals surface area contributed by atoms with Crippen LogP contribution in [-0.4, -0.2) is 0 Å². The number of hydrogen-bond donors (Lipinski definition) is 0. The molecule has 0 N–H and O–H groups in total. The summed E-state index contributed by atoms with van der Waals surface area (Å²) in [5.41, 5.74) is 11.8. The van der Waals surface area contributed by atoms with E-state index in [0.29, 0.717) is 0 Å². The molecular formula is C33H24BrNOS. The predicted octanol–water partition coefficient (Wildman–Crippen LogP) is 10.9. The Balaban J connectivity index is 1.43. The van der Waals surface area contributed by atoms with E-state index >= 15 is 0 Å². The molecule has 0 aliphatic carbocycles. The Morgan fingerprint density at radius 1 is 0.649 bits per heavy atom. The highest BCUT2D eigenvalue weighted by atomic mass is 79.9. The molecule has 0 bridgehead atoms. The van der Waals surface area contributed by atoms with E-state index in [2.05, 4.69) is 120 Å². The molecule has 0 saturated heterocycles. The summed E-state index contributed by atoms with van der Waals surface area (Å²) in [6.07, 6.45) is 0. The average Bonchev–Trinajstić information content (AvgIpc) is 3.24. The molecule has 0 fully saturated rings. The summed E-state index contributed by atoms with van der Waals surface area (Å²) in [6, 6.07) is 32.8. The summed E-state index contributed by atoms with van der Waals surface area (Å²) in [4.78, 5) is 5.00. The maximum atomic E-state index is 6.11. The lowest BCUT2D eigenvalue weighted by Crippen LogP contribution is -2.17. The molecule has 6 aromatic rings. The van der Waals surface area contributed by atoms with Gasteiger partial charge in [-0.1, -0.05) is 69.7 Å². The first-order chi connectivity index (χ1) is 18.0. The second kappa shape index (κ2) is 8.54. The lowest BCUT2D eigenvalue weighted by molar-refractivity contribution is 0.669. The van der Waals surface area contributed by atoms with Crippen LogP contribution in [0.25, 0.3) is 33.1 Å². The van der Waals surface area contributed by atoms with Gasteiger partial charge in [0, 0.05) is 25.0 Å². The molecule has 1 aromatic heterocycles. The fraction of sp³-hybridized carbons (Fsp3) is 0.0909. The van der Waals surface area contributed by atoms with Crippen LogP contribution < -0.4 is 4.90 Å². The second-order valence-corrected chi connectivity index (χ2v) is 11.8. The van der Waals surface area contributed by atoms with E-state index in [4.69, 9.17) is 4.42 Å². The number of nitrogens with zero attached hydrogens (tertiary/aromatic N) is 1. The highest BCUT2D eigenvalue weighted by Crippen LogP contribution is 2.53. The van der Waals surface area contributed by atoms with E-state index in [9.17, 15) is 0 Å². The van der Waals surface area contributed by atoms with Crippen molar-refractivity contribution in [3.05, 3.63) is 112 Å². The summed E-state index contributed by atoms with van der Waals surface area (Å²) in [5.74, 6) is 0. The van der Waals surface area contributed by atoms with Crippen molar-refractivity contribution in [2.45, 2.75) is 30.6 Å². The third-order valence-corrected chi connectivity index (χ3v) is 8.77. The van der Waals surface area contributed by atoms with Gasteiger partial charge in [-0.05, 0) is 97.6 Å². The van der Waals surface area contributed by atoms with Crippen LogP contribution in [0.5, 0.6) is 0 Å². The molecule has 2 nitrogen and oxygen atoms in total. The molecule has 4 heteroatoms. The number of halogens is 1. The first-order valence-electron chi connectivity index (χ1n) is 12.4. The summed E-state index contributed by atoms with van der Waals surface area (Å²) in [5, 5.41) is 2.26. The average molecular weight is 563 g/mol. The van der Waals surface area contributed by atoms with Gasteiger partial charge >= 0.3 is 0 Å². The van der Waals surface area contributed by atoms with E-state index in [1.165, 1.54) is 54.7 Å². The smallest absolute Gasteiger partial charge is 0.135 e. The predicted molar refractivity (Wildman–Crippen MR) is 160 cm³/mol. The van der Waals surface area contributed by atoms with E-state index in [0.717, 1.165) is 26.4 Å². The third-order valence-electron chi connectivity index (χ3n) is 7.15. The summed E-state index contributed by atoms with van der Waals surface area (Å²) in [6.45, 7) is 6.61. The first-order valence-corrected chi connectivity index (χ1v) is 14.0. The molecule has 5 aromatic carbocycles. The molecule has 1 aliphatic rings. The zero-order chi connectivity index (χ0) is 25.3. The van der Waals surface area contributed by atoms with Crippen LogP contribution in [0.2, 0.25) is 0 Å². The number of para-hydroxylation sites is 1. The van der Waals surface area contributed by atoms with Crippen molar-refractivity contribution in [1.29, 1.82) is 0 Å². The summed E-state index contributed by atoms with van der Waals surface area (Å²) in [7, 11) is 0. The highest BCUT2D eigenvalue weighted by Gasteiger charge is 2.27. The standard InChI is InChI=1S/C33H24BrNOS/c1-19-14-20(2)33(21(3)15-19)35-27-6-4-5-7-31(27)37-32-13-9-23(17-28(32)35)22-8-11-29-25(16-22)26-18-24(34)10-12-30(26)36-29/h4-18H,1-3H3. The van der Waals surface area contributed by atoms with Crippen LogP contribution in [0, 0.1) is 20.8 Å². The van der Waals surface area contributed by atoms with Crippen molar-refractivity contribution in [2.24, 2.45) is 0 Å². The minimum Gasteiger partial charge on any atom is -0.456 e. The third kappa shape index (κ3) is 3.70. The second-order valence-electron chi connectivity index (χ2n) is 9.79. The molecule has 0 radical (unpaired) electrons. The summed E-state index contributed by atoms with van der Waals surface area (Å²) >= 11 is 5.46. The maximum Gasteiger partial charge on any atom is 0.135 e. The van der Waals surface area contributed by atoms with Crippen LogP contribution in [0.3, 0.4) is 0 Å². The lowest BCUT2D eigenvalue weighted by atomic mass is 9.99. The van der Waals surface area contributed by atoms with Gasteiger partial charge in [0.1, 0.15) is 11.2 Å². The van der Waals surface area contributed by atoms with E-state index in [1.807, 2.05) is 23.9 Å². The van der Waals surface area contributed by atoms with Crippen molar-refractivity contribution < 1.29 is 4.42 Å². The molecule has 2 heterocycles. The van der Waals surface area contributed by atoms with Gasteiger partial charge in [-0.15, -0.1) is 0 Å². The van der Waals surface area contributed by atoms with E-state index in [-0.39, 0.29) is 0 Å². The highest BCUT2D eigenvalue weighted by molar-refractivity contribution is 9.10. The molecule has 0 saturated carbocycles. The Labute approximate surface area is 229 Å². The Bertz CT molecular complexity index is 1850. The minimum absolute atomic E-state index is 0.908. The van der Waals surface area contributed by atoms with E-state index < -0.39 is 0 Å². The number of benzene rings is 5. The van der Waals surface area contributed by atoms with Crippen molar-refractivity contribution in [1.82, 2.24) is 0 Å². The fourth-order valence-electron chi connectivity index (χ4n) is 5.63. The minimum atomic E-state index is 0.908. The van der Waals surface area contributed by atoms with Gasteiger partial charge in [0.2, 0.25) is 0 Å². The number of furan rings is 1. The molecule has 0 spiro atoms. The SMILES string of the molecule is Cc1cc(C)c(N2c3ccccc3Sc3ccc(-c4ccc5oc6ccc(Br)cc6c5c4)cc32)c(C)c1. The normalized spacial score (nSPS) is 12.7. The van der Waals surface area contributed by atoms with Crippen LogP contribution in [0.4, 0.5) is 17.1 Å². The van der Waals surface area contributed by atoms with Crippen LogP contribution >= 0.6 is 27.7 Å². The maximum absolute atomic E-state index is 6.11. The molecule has 0 atom stereocenters. The topological polar surface area (TPSA) is 16.4 Å². The summed E-state index contributed by atoms with van der Waals surface area (Å²) < 4.78 is 7.16. The zero-order valence-electron chi connectivity index (χ0n) is 20.8. The molecule has 180 valence electrons. The Morgan fingerprint density at radius 3 is 2.11 bits per heavy atom. The van der Waals surface area contributed by atoms with Gasteiger partial charge in [-0.2, -0.15) is 0 Å². The number of fused-ring (bicyclic) bond motifs is 5. The largest absolute Gasteiger partial charge is 0.456 e. The van der Waals surface area contributed by atoms with Crippen molar-refractivity contribution in [3.63, 3.8) is 0 Å². The van der Waals surface area contributed by atoms with Crippen LogP contribution in [0.1, 0.15) is 16.7 Å². The first kappa shape index (κ1) is 22.7. The number of hydrogen-bond acceptors (Lipinski definition) is 3. The monoisotopic (exact) mass is 561 g/mol. The van der Waals surface area contributed by atoms with E-state index in [1.54, 1.807) is 0 Å². The Morgan fingerprint density at radius 2 is 1.30 bits per heavy atom. The molecule has 7 rings (SSSR count). The lowest BCUT2D eigenvalue weighted by Gasteiger charge is -2.35. The van der Waals surface area contributed by atoms with Gasteiger partial charge in [0.15, 0.2) is 0 Å². The van der Waals surface area contributed by atoms with Gasteiger partial charge in [0.25, 0.3) is 0 Å². The van der Waals surface area contributed by atoms with Gasteiger partial charge < -0.3 is 9.32 Å². The molecule has 0 unspecified atom stereocenters. The molecular weight excluding hydrogens is 538 g/mol. The number of rotatable bonds is 2. The van der Waals surface area contributed by atoms with Gasteiger partial charge in [-0.25, -0.2) is 0 Å². The van der Waals surface area contributed by atoms with Crippen molar-refractivity contribution >= 4 is 66.7 Å². The molecule has 0 amide bonds. The van der Waals surface area contributed by atoms with Crippen LogP contribution in [-0.2, 0) is 0 Å². The van der Waals surface area contributed by atoms with Crippen LogP contribution in [0.15, 0.2) is 110 Å². The Hall–Kier alpha value is -3.47. The fourth-order valence-corrected chi connectivity index (χ4v) is 7.03. The van der Waals surface area contributed by atoms with Crippen molar-refractivity contribution in [2.75, 3.05) is 4.90 Å². The molecule has 1 aliphatic heterocycles. The Kier molecular flexibility index (Phi) is 5.24. The number of aryl methyl sites for hydroxylation is 3. The quantitative estimate of drug-likeness (QED) is 0.209. The zero-order valence-corrected chi connectivity index (χ0v) is 23.2. The van der Waals surface area contributed by atoms with Gasteiger partial charge in [-0.3, -0.25) is 0 Å².